The molecule has 1 aliphatic rings. The molecule has 1 heterocycles. The minimum Gasteiger partial charge on any atom is -0.507 e. The van der Waals surface area contributed by atoms with Crippen LogP contribution in [0.2, 0.25) is 0 Å². The van der Waals surface area contributed by atoms with Crippen LogP contribution in [0.1, 0.15) is 40.7 Å². The lowest BCUT2D eigenvalue weighted by atomic mass is 10.0. The van der Waals surface area contributed by atoms with E-state index in [1.807, 2.05) is 24.3 Å². The van der Waals surface area contributed by atoms with E-state index in [1.54, 1.807) is 19.3 Å². The van der Waals surface area contributed by atoms with Crippen molar-refractivity contribution in [2.24, 2.45) is 0 Å². The number of allylic oxidation sites excluding steroid dienone is 1. The largest absolute Gasteiger partial charge is 0.507 e. The number of hydrogen-bond donors (Lipinski definition) is 1. The summed E-state index contributed by atoms with van der Waals surface area (Å²) < 4.78 is 11.8. The molecule has 0 radical (unpaired) electrons. The molecule has 0 atom stereocenters. The van der Waals surface area contributed by atoms with Gasteiger partial charge in [-0.25, -0.2) is 0 Å². The first-order valence-electron chi connectivity index (χ1n) is 9.70. The molecule has 0 aliphatic carbocycles. The molecular weight excluding hydrogens is 434 g/mol. The average Bonchev–Trinajstić information content (AvgIpc) is 2.75. The van der Waals surface area contributed by atoms with Crippen LogP contribution in [0.5, 0.6) is 17.2 Å². The topological polar surface area (TPSA) is 59.0 Å². The number of likely N-dealkylation sites (tertiary alicyclic amines) is 1. The summed E-state index contributed by atoms with van der Waals surface area (Å²) in [5, 5.41) is 11.0. The predicted molar refractivity (Wildman–Crippen MR) is 118 cm³/mol. The maximum Gasteiger partial charge on any atom is 0.193 e. The number of phenolic OH excluding ortho intramolecular Hbond substituents is 1. The molecular formula is C23H26BrNO4. The van der Waals surface area contributed by atoms with Crippen molar-refractivity contribution in [3.05, 3.63) is 57.6 Å². The summed E-state index contributed by atoms with van der Waals surface area (Å²) in [6.07, 6.45) is 6.69. The Morgan fingerprint density at radius 3 is 2.38 bits per heavy atom. The van der Waals surface area contributed by atoms with Gasteiger partial charge in [0.2, 0.25) is 0 Å². The van der Waals surface area contributed by atoms with Crippen molar-refractivity contribution in [2.45, 2.75) is 25.8 Å². The second kappa shape index (κ2) is 9.94. The molecule has 2 aromatic carbocycles. The van der Waals surface area contributed by atoms with Crippen LogP contribution < -0.4 is 9.47 Å². The lowest BCUT2D eigenvalue weighted by molar-refractivity contribution is 0.104. The Bertz CT molecular complexity index is 887. The number of benzene rings is 2. The minimum atomic E-state index is -0.315. The first-order valence-corrected chi connectivity index (χ1v) is 10.5. The first kappa shape index (κ1) is 21.4. The van der Waals surface area contributed by atoms with Crippen molar-refractivity contribution in [3.8, 4) is 17.2 Å². The van der Waals surface area contributed by atoms with Gasteiger partial charge in [0.25, 0.3) is 0 Å². The Morgan fingerprint density at radius 1 is 1.10 bits per heavy atom. The van der Waals surface area contributed by atoms with Gasteiger partial charge in [-0.05, 0) is 49.7 Å². The highest BCUT2D eigenvalue weighted by molar-refractivity contribution is 9.10. The molecule has 1 N–H and O–H groups in total. The van der Waals surface area contributed by atoms with E-state index in [9.17, 15) is 9.90 Å². The highest BCUT2D eigenvalue weighted by Gasteiger charge is 2.24. The Labute approximate surface area is 180 Å². The van der Waals surface area contributed by atoms with Crippen LogP contribution in [0, 0.1) is 0 Å². The van der Waals surface area contributed by atoms with Crippen molar-refractivity contribution in [1.29, 1.82) is 0 Å². The first-order chi connectivity index (χ1) is 14.0. The molecule has 5 nitrogen and oxygen atoms in total. The van der Waals surface area contributed by atoms with E-state index in [4.69, 9.17) is 9.47 Å². The number of ether oxygens (including phenoxy) is 2. The summed E-state index contributed by atoms with van der Waals surface area (Å²) >= 11 is 3.40. The molecule has 3 rings (SSSR count). The lowest BCUT2D eigenvalue weighted by Crippen LogP contribution is -2.29. The summed E-state index contributed by atoms with van der Waals surface area (Å²) in [5.41, 5.74) is 1.67. The van der Waals surface area contributed by atoms with E-state index in [0.717, 1.165) is 36.0 Å². The normalized spacial score (nSPS) is 14.9. The zero-order valence-electron chi connectivity index (χ0n) is 16.8. The van der Waals surface area contributed by atoms with Gasteiger partial charge in [0.15, 0.2) is 5.78 Å². The van der Waals surface area contributed by atoms with Gasteiger partial charge in [-0.3, -0.25) is 9.69 Å². The maximum absolute atomic E-state index is 12.9. The van der Waals surface area contributed by atoms with Gasteiger partial charge in [0.1, 0.15) is 22.8 Å². The lowest BCUT2D eigenvalue weighted by Gasteiger charge is -2.28. The SMILES string of the molecule is COc1cc(OC)c(C(=O)C=Cc2ccc(Br)cc2)c(O)c1CN1CCCCC1. The fourth-order valence-corrected chi connectivity index (χ4v) is 3.83. The van der Waals surface area contributed by atoms with Gasteiger partial charge in [0, 0.05) is 17.1 Å². The van der Waals surface area contributed by atoms with Gasteiger partial charge in [0.05, 0.1) is 19.8 Å². The molecule has 29 heavy (non-hydrogen) atoms. The van der Waals surface area contributed by atoms with Crippen LogP contribution in [0.4, 0.5) is 0 Å². The number of methoxy groups -OCH3 is 2. The van der Waals surface area contributed by atoms with Crippen molar-refractivity contribution in [3.63, 3.8) is 0 Å². The summed E-state index contributed by atoms with van der Waals surface area (Å²) in [6.45, 7) is 2.48. The van der Waals surface area contributed by atoms with E-state index < -0.39 is 0 Å². The van der Waals surface area contributed by atoms with Gasteiger partial charge in [-0.2, -0.15) is 0 Å². The van der Waals surface area contributed by atoms with Crippen LogP contribution in [0.25, 0.3) is 6.08 Å². The fraction of sp³-hybridized carbons (Fsp3) is 0.348. The van der Waals surface area contributed by atoms with Crippen molar-refractivity contribution >= 4 is 27.8 Å². The standard InChI is InChI=1S/C23H26BrNO4/c1-28-20-14-21(29-2)22(19(26)11-8-16-6-9-17(24)10-7-16)23(27)18(20)15-25-12-4-3-5-13-25/h6-11,14,27H,3-5,12-13,15H2,1-2H3. The Morgan fingerprint density at radius 2 is 1.76 bits per heavy atom. The number of halogens is 1. The molecule has 1 saturated heterocycles. The average molecular weight is 460 g/mol. The number of piperidine rings is 1. The van der Waals surface area contributed by atoms with Gasteiger partial charge < -0.3 is 14.6 Å². The second-order valence-electron chi connectivity index (χ2n) is 7.07. The van der Waals surface area contributed by atoms with Crippen LogP contribution >= 0.6 is 15.9 Å². The number of phenols is 1. The molecule has 0 aromatic heterocycles. The van der Waals surface area contributed by atoms with Gasteiger partial charge >= 0.3 is 0 Å². The molecule has 1 fully saturated rings. The highest BCUT2D eigenvalue weighted by Crippen LogP contribution is 2.40. The zero-order valence-corrected chi connectivity index (χ0v) is 18.4. The van der Waals surface area contributed by atoms with Crippen molar-refractivity contribution in [2.75, 3.05) is 27.3 Å². The number of rotatable bonds is 7. The number of ketones is 1. The van der Waals surface area contributed by atoms with E-state index >= 15 is 0 Å². The van der Waals surface area contributed by atoms with Crippen LogP contribution in [0.15, 0.2) is 40.9 Å². The molecule has 2 aromatic rings. The smallest absolute Gasteiger partial charge is 0.193 e. The Balaban J connectivity index is 1.94. The molecule has 0 bridgehead atoms. The van der Waals surface area contributed by atoms with E-state index in [0.29, 0.717) is 23.6 Å². The van der Waals surface area contributed by atoms with Crippen LogP contribution in [-0.2, 0) is 6.54 Å². The second-order valence-corrected chi connectivity index (χ2v) is 7.98. The summed E-state index contributed by atoms with van der Waals surface area (Å²) in [6, 6.07) is 9.31. The quantitative estimate of drug-likeness (QED) is 0.463. The van der Waals surface area contributed by atoms with E-state index in [1.165, 1.54) is 19.6 Å². The fourth-order valence-electron chi connectivity index (χ4n) is 3.57. The minimum absolute atomic E-state index is 0.0720. The zero-order chi connectivity index (χ0) is 20.8. The molecule has 0 amide bonds. The highest BCUT2D eigenvalue weighted by atomic mass is 79.9. The predicted octanol–water partition coefficient (Wildman–Crippen LogP) is 5.05. The Hall–Kier alpha value is -2.31. The van der Waals surface area contributed by atoms with Crippen molar-refractivity contribution in [1.82, 2.24) is 4.90 Å². The van der Waals surface area contributed by atoms with E-state index in [2.05, 4.69) is 20.8 Å². The number of hydrogen-bond acceptors (Lipinski definition) is 5. The third kappa shape index (κ3) is 5.19. The number of nitrogens with zero attached hydrogens (tertiary/aromatic N) is 1. The Kier molecular flexibility index (Phi) is 7.34. The third-order valence-electron chi connectivity index (χ3n) is 5.14. The monoisotopic (exact) mass is 459 g/mol. The van der Waals surface area contributed by atoms with Gasteiger partial charge in [-0.15, -0.1) is 0 Å². The summed E-state index contributed by atoms with van der Waals surface area (Å²) in [5.74, 6) is 0.438. The maximum atomic E-state index is 12.9. The molecule has 0 spiro atoms. The molecule has 154 valence electrons. The number of carbonyl (C=O) groups is 1. The van der Waals surface area contributed by atoms with Crippen molar-refractivity contribution < 1.29 is 19.4 Å². The summed E-state index contributed by atoms with van der Waals surface area (Å²) in [7, 11) is 3.04. The molecule has 1 aliphatic heterocycles. The molecule has 0 unspecified atom stereocenters. The van der Waals surface area contributed by atoms with Gasteiger partial charge in [-0.1, -0.05) is 40.6 Å². The number of aromatic hydroxyl groups is 1. The molecule has 6 heteroatoms. The molecule has 0 saturated carbocycles. The third-order valence-corrected chi connectivity index (χ3v) is 5.67. The number of carbonyl (C=O) groups excluding carboxylic acids is 1. The van der Waals surface area contributed by atoms with Crippen LogP contribution in [-0.4, -0.2) is 43.1 Å². The van der Waals surface area contributed by atoms with Crippen LogP contribution in [0.3, 0.4) is 0 Å². The summed E-state index contributed by atoms with van der Waals surface area (Å²) in [4.78, 5) is 15.2. The van der Waals surface area contributed by atoms with E-state index in [-0.39, 0.29) is 17.1 Å².